The Morgan fingerprint density at radius 3 is 2.75 bits per heavy atom. The van der Waals surface area contributed by atoms with Gasteiger partial charge in [0.15, 0.2) is 0 Å². The molecular weight excluding hydrogens is 352 g/mol. The molecule has 0 aliphatic heterocycles. The number of fused-ring (bicyclic) bond motifs is 2. The first kappa shape index (κ1) is 19.3. The minimum atomic E-state index is -0.358. The van der Waals surface area contributed by atoms with E-state index in [0.717, 1.165) is 31.1 Å². The highest BCUT2D eigenvalue weighted by Crippen LogP contribution is 2.60. The second-order valence-electron chi connectivity index (χ2n) is 9.45. The molecule has 2 fully saturated rings. The third kappa shape index (κ3) is 3.08. The van der Waals surface area contributed by atoms with E-state index in [1.165, 1.54) is 11.6 Å². The van der Waals surface area contributed by atoms with Crippen LogP contribution in [0.1, 0.15) is 46.5 Å². The molecule has 0 spiro atoms. The summed E-state index contributed by atoms with van der Waals surface area (Å²) < 4.78 is 11.5. The number of ether oxygens (including phenoxy) is 1. The van der Waals surface area contributed by atoms with Gasteiger partial charge in [0.25, 0.3) is 0 Å². The van der Waals surface area contributed by atoms with E-state index < -0.39 is 0 Å². The van der Waals surface area contributed by atoms with Crippen LogP contribution < -0.4 is 10.4 Å². The van der Waals surface area contributed by atoms with Crippen molar-refractivity contribution in [3.05, 3.63) is 52.9 Å². The third-order valence-electron chi connectivity index (χ3n) is 7.56. The SMILES string of the molecule is C=C1CC[C@H]2C(C)(C)[C@@H](O)CC[C@@]2(C)[C@@H]1COc1ccc2ccc(=O)oc2c1. The van der Waals surface area contributed by atoms with Gasteiger partial charge in [-0.05, 0) is 60.6 Å². The molecular formula is C24H30O4. The van der Waals surface area contributed by atoms with Crippen LogP contribution in [0.25, 0.3) is 11.0 Å². The molecule has 0 bridgehead atoms. The second kappa shape index (κ2) is 6.77. The first-order valence-electron chi connectivity index (χ1n) is 10.2. The van der Waals surface area contributed by atoms with Gasteiger partial charge in [0.1, 0.15) is 11.3 Å². The Morgan fingerprint density at radius 2 is 1.96 bits per heavy atom. The normalized spacial score (nSPS) is 32.1. The van der Waals surface area contributed by atoms with Gasteiger partial charge in [0, 0.05) is 23.4 Å². The van der Waals surface area contributed by atoms with E-state index in [4.69, 9.17) is 9.15 Å². The summed E-state index contributed by atoms with van der Waals surface area (Å²) in [4.78, 5) is 11.5. The summed E-state index contributed by atoms with van der Waals surface area (Å²) in [7, 11) is 0. The van der Waals surface area contributed by atoms with Crippen molar-refractivity contribution in [2.45, 2.75) is 52.6 Å². The first-order valence-corrected chi connectivity index (χ1v) is 10.2. The highest BCUT2D eigenvalue weighted by molar-refractivity contribution is 5.77. The fourth-order valence-electron chi connectivity index (χ4n) is 5.78. The van der Waals surface area contributed by atoms with Crippen LogP contribution >= 0.6 is 0 Å². The van der Waals surface area contributed by atoms with Crippen molar-refractivity contribution < 1.29 is 14.3 Å². The zero-order chi connectivity index (χ0) is 20.1. The number of hydrogen-bond donors (Lipinski definition) is 1. The monoisotopic (exact) mass is 382 g/mol. The van der Waals surface area contributed by atoms with Crippen molar-refractivity contribution in [1.29, 1.82) is 0 Å². The van der Waals surface area contributed by atoms with Crippen LogP contribution in [0.4, 0.5) is 0 Å². The molecule has 1 N–H and O–H groups in total. The van der Waals surface area contributed by atoms with Gasteiger partial charge in [-0.3, -0.25) is 0 Å². The summed E-state index contributed by atoms with van der Waals surface area (Å²) in [6.45, 7) is 11.7. The summed E-state index contributed by atoms with van der Waals surface area (Å²) in [5.41, 5.74) is 1.40. The Morgan fingerprint density at radius 1 is 1.21 bits per heavy atom. The smallest absolute Gasteiger partial charge is 0.336 e. The minimum absolute atomic E-state index is 0.0709. The summed E-state index contributed by atoms with van der Waals surface area (Å²) >= 11 is 0. The molecule has 2 aliphatic rings. The van der Waals surface area contributed by atoms with Crippen LogP contribution in [0.3, 0.4) is 0 Å². The van der Waals surface area contributed by atoms with Crippen molar-refractivity contribution in [3.8, 4) is 5.75 Å². The fourth-order valence-corrected chi connectivity index (χ4v) is 5.78. The van der Waals surface area contributed by atoms with Crippen LogP contribution in [0.5, 0.6) is 5.75 Å². The van der Waals surface area contributed by atoms with Crippen molar-refractivity contribution in [2.24, 2.45) is 22.7 Å². The van der Waals surface area contributed by atoms with Crippen LogP contribution in [0, 0.1) is 22.7 Å². The predicted octanol–water partition coefficient (Wildman–Crippen LogP) is 4.94. The number of aliphatic hydroxyl groups excluding tert-OH is 1. The Labute approximate surface area is 166 Å². The van der Waals surface area contributed by atoms with E-state index in [9.17, 15) is 9.90 Å². The van der Waals surface area contributed by atoms with E-state index in [1.54, 1.807) is 12.1 Å². The van der Waals surface area contributed by atoms with Gasteiger partial charge < -0.3 is 14.3 Å². The maximum atomic E-state index is 11.5. The van der Waals surface area contributed by atoms with Gasteiger partial charge in [-0.2, -0.15) is 0 Å². The van der Waals surface area contributed by atoms with Crippen LogP contribution in [0.2, 0.25) is 0 Å². The predicted molar refractivity (Wildman–Crippen MR) is 110 cm³/mol. The van der Waals surface area contributed by atoms with Gasteiger partial charge >= 0.3 is 5.63 Å². The molecule has 4 nitrogen and oxygen atoms in total. The maximum Gasteiger partial charge on any atom is 0.336 e. The second-order valence-corrected chi connectivity index (χ2v) is 9.45. The van der Waals surface area contributed by atoms with Crippen molar-refractivity contribution in [2.75, 3.05) is 6.61 Å². The Hall–Kier alpha value is -2.07. The van der Waals surface area contributed by atoms with Gasteiger partial charge in [0.05, 0.1) is 12.7 Å². The van der Waals surface area contributed by atoms with Crippen LogP contribution in [-0.2, 0) is 0 Å². The van der Waals surface area contributed by atoms with Crippen LogP contribution in [-0.4, -0.2) is 17.8 Å². The van der Waals surface area contributed by atoms with Gasteiger partial charge in [-0.15, -0.1) is 0 Å². The summed E-state index contributed by atoms with van der Waals surface area (Å²) in [6, 6.07) is 8.80. The molecule has 1 heterocycles. The Balaban J connectivity index is 1.58. The lowest BCUT2D eigenvalue weighted by atomic mass is 9.47. The summed E-state index contributed by atoms with van der Waals surface area (Å²) in [5.74, 6) is 1.39. The molecule has 4 heteroatoms. The van der Waals surface area contributed by atoms with Gasteiger partial charge in [-0.1, -0.05) is 32.9 Å². The molecule has 2 saturated carbocycles. The zero-order valence-electron chi connectivity index (χ0n) is 17.0. The van der Waals surface area contributed by atoms with E-state index in [2.05, 4.69) is 27.4 Å². The molecule has 1 aromatic carbocycles. The van der Waals surface area contributed by atoms with E-state index >= 15 is 0 Å². The number of benzene rings is 1. The van der Waals surface area contributed by atoms with Gasteiger partial charge in [0.2, 0.25) is 0 Å². The average molecular weight is 383 g/mol. The van der Waals surface area contributed by atoms with E-state index in [1.807, 2.05) is 12.1 Å². The van der Waals surface area contributed by atoms with Crippen LogP contribution in [0.15, 0.2) is 51.7 Å². The van der Waals surface area contributed by atoms with E-state index in [-0.39, 0.29) is 28.5 Å². The molecule has 150 valence electrons. The highest BCUT2D eigenvalue weighted by atomic mass is 16.5. The molecule has 1 aromatic heterocycles. The van der Waals surface area contributed by atoms with Crippen molar-refractivity contribution in [3.63, 3.8) is 0 Å². The topological polar surface area (TPSA) is 59.7 Å². The zero-order valence-corrected chi connectivity index (χ0v) is 17.0. The Kier molecular flexibility index (Phi) is 4.65. The number of rotatable bonds is 3. The summed E-state index contributed by atoms with van der Waals surface area (Å²) in [5, 5.41) is 11.5. The summed E-state index contributed by atoms with van der Waals surface area (Å²) in [6.07, 6.45) is 3.63. The minimum Gasteiger partial charge on any atom is -0.493 e. The largest absolute Gasteiger partial charge is 0.493 e. The molecule has 4 atom stereocenters. The molecule has 0 unspecified atom stereocenters. The molecule has 0 saturated heterocycles. The number of aliphatic hydroxyl groups is 1. The fraction of sp³-hybridized carbons (Fsp3) is 0.542. The molecule has 0 radical (unpaired) electrons. The van der Waals surface area contributed by atoms with Gasteiger partial charge in [-0.25, -0.2) is 4.79 Å². The molecule has 2 aromatic rings. The lowest BCUT2D eigenvalue weighted by Gasteiger charge is -2.59. The molecule has 0 amide bonds. The lowest BCUT2D eigenvalue weighted by Crippen LogP contribution is -2.55. The maximum absolute atomic E-state index is 11.5. The molecule has 28 heavy (non-hydrogen) atoms. The van der Waals surface area contributed by atoms with Crippen molar-refractivity contribution >= 4 is 11.0 Å². The Bertz CT molecular complexity index is 956. The molecule has 4 rings (SSSR count). The third-order valence-corrected chi connectivity index (χ3v) is 7.56. The standard InChI is InChI=1S/C24H30O4/c1-15-5-9-20-23(2,3)21(25)11-12-24(20,4)18(15)14-27-17-8-6-16-7-10-22(26)28-19(16)13-17/h6-8,10,13,18,20-21,25H,1,5,9,11-12,14H2,2-4H3/t18-,20+,21+,24+/m1/s1. The first-order chi connectivity index (χ1) is 13.2. The lowest BCUT2D eigenvalue weighted by molar-refractivity contribution is -0.128. The van der Waals surface area contributed by atoms with E-state index in [0.29, 0.717) is 23.9 Å². The average Bonchev–Trinajstić information content (AvgIpc) is 2.64. The highest BCUT2D eigenvalue weighted by Gasteiger charge is 2.56. The van der Waals surface area contributed by atoms with Crippen molar-refractivity contribution in [1.82, 2.24) is 0 Å². The quantitative estimate of drug-likeness (QED) is 0.603. The number of hydrogen-bond acceptors (Lipinski definition) is 4. The molecule has 2 aliphatic carbocycles.